The van der Waals surface area contributed by atoms with Gasteiger partial charge in [-0.05, 0) is 57.2 Å². The molecule has 1 aliphatic heterocycles. The highest BCUT2D eigenvalue weighted by molar-refractivity contribution is 5.58. The molecule has 0 amide bonds. The first-order chi connectivity index (χ1) is 7.89. The second kappa shape index (κ2) is 3.91. The number of phenolic OH excluding ortho intramolecular Hbond substituents is 1. The van der Waals surface area contributed by atoms with E-state index in [1.54, 1.807) is 0 Å². The SMILES string of the molecule is Cc1c(C)c2c(c(C)c1O)CCC(C)(C[O])O2. The second-order valence-electron chi connectivity index (χ2n) is 5.23. The molecule has 93 valence electrons. The van der Waals surface area contributed by atoms with Crippen LogP contribution in [0.1, 0.15) is 35.6 Å². The number of rotatable bonds is 1. The number of hydrogen-bond donors (Lipinski definition) is 1. The molecule has 0 spiro atoms. The van der Waals surface area contributed by atoms with Crippen molar-refractivity contribution in [2.45, 2.75) is 46.1 Å². The van der Waals surface area contributed by atoms with Crippen molar-refractivity contribution in [3.05, 3.63) is 22.3 Å². The highest BCUT2D eigenvalue weighted by atomic mass is 16.5. The molecule has 1 N–H and O–H groups in total. The van der Waals surface area contributed by atoms with Crippen LogP contribution in [-0.4, -0.2) is 17.3 Å². The van der Waals surface area contributed by atoms with Crippen LogP contribution >= 0.6 is 0 Å². The Morgan fingerprint density at radius 1 is 1.24 bits per heavy atom. The van der Waals surface area contributed by atoms with Crippen LogP contribution in [0.5, 0.6) is 11.5 Å². The standard InChI is InChI=1S/C14H19O3/c1-8-9(2)13-11(10(3)12(8)16)5-6-14(4,7-15)17-13/h16H,5-7H2,1-4H3. The Labute approximate surface area is 102 Å². The summed E-state index contributed by atoms with van der Waals surface area (Å²) < 4.78 is 5.89. The third-order valence-corrected chi connectivity index (χ3v) is 3.90. The summed E-state index contributed by atoms with van der Waals surface area (Å²) in [6.45, 7) is 7.35. The zero-order valence-electron chi connectivity index (χ0n) is 10.9. The fraction of sp³-hybridized carbons (Fsp3) is 0.571. The lowest BCUT2D eigenvalue weighted by Gasteiger charge is -2.36. The Balaban J connectivity index is 2.59. The number of ether oxygens (including phenoxy) is 1. The molecular weight excluding hydrogens is 216 g/mol. The maximum absolute atomic E-state index is 11.2. The Kier molecular flexibility index (Phi) is 2.82. The first-order valence-electron chi connectivity index (χ1n) is 5.98. The maximum atomic E-state index is 11.2. The normalized spacial score (nSPS) is 23.1. The van der Waals surface area contributed by atoms with Crippen molar-refractivity contribution >= 4 is 0 Å². The van der Waals surface area contributed by atoms with Gasteiger partial charge >= 0.3 is 0 Å². The second-order valence-corrected chi connectivity index (χ2v) is 5.23. The van der Waals surface area contributed by atoms with E-state index in [-0.39, 0.29) is 6.61 Å². The first kappa shape index (κ1) is 12.2. The fourth-order valence-electron chi connectivity index (χ4n) is 2.40. The summed E-state index contributed by atoms with van der Waals surface area (Å²) in [7, 11) is 0. The van der Waals surface area contributed by atoms with Crippen LogP contribution in [0.15, 0.2) is 0 Å². The largest absolute Gasteiger partial charge is 0.507 e. The highest BCUT2D eigenvalue weighted by Crippen LogP contribution is 2.42. The van der Waals surface area contributed by atoms with E-state index >= 15 is 0 Å². The van der Waals surface area contributed by atoms with Gasteiger partial charge in [0.25, 0.3) is 0 Å². The average Bonchev–Trinajstić information content (AvgIpc) is 2.33. The van der Waals surface area contributed by atoms with E-state index in [0.29, 0.717) is 12.2 Å². The van der Waals surface area contributed by atoms with Crippen molar-refractivity contribution in [1.82, 2.24) is 0 Å². The van der Waals surface area contributed by atoms with Crippen molar-refractivity contribution in [1.29, 1.82) is 0 Å². The Bertz CT molecular complexity index is 465. The van der Waals surface area contributed by atoms with Gasteiger partial charge in [0.05, 0.1) is 0 Å². The van der Waals surface area contributed by atoms with Crippen molar-refractivity contribution in [3.8, 4) is 11.5 Å². The van der Waals surface area contributed by atoms with Gasteiger partial charge in [-0.1, -0.05) is 0 Å². The lowest BCUT2D eigenvalue weighted by Crippen LogP contribution is -2.40. The molecule has 0 saturated carbocycles. The van der Waals surface area contributed by atoms with Gasteiger partial charge in [-0.2, -0.15) is 0 Å². The summed E-state index contributed by atoms with van der Waals surface area (Å²) in [4.78, 5) is 0. The zero-order valence-corrected chi connectivity index (χ0v) is 10.9. The topological polar surface area (TPSA) is 49.4 Å². The first-order valence-corrected chi connectivity index (χ1v) is 5.98. The predicted octanol–water partition coefficient (Wildman–Crippen LogP) is 2.83. The molecule has 1 aliphatic rings. The van der Waals surface area contributed by atoms with E-state index in [0.717, 1.165) is 34.4 Å². The highest BCUT2D eigenvalue weighted by Gasteiger charge is 2.34. The Hall–Kier alpha value is -1.22. The van der Waals surface area contributed by atoms with Crippen molar-refractivity contribution in [3.63, 3.8) is 0 Å². The molecular formula is C14H19O3. The van der Waals surface area contributed by atoms with Crippen molar-refractivity contribution in [2.24, 2.45) is 0 Å². The molecule has 0 saturated heterocycles. The van der Waals surface area contributed by atoms with Crippen LogP contribution in [-0.2, 0) is 11.5 Å². The number of aromatic hydroxyl groups is 1. The molecule has 3 heteroatoms. The fourth-order valence-corrected chi connectivity index (χ4v) is 2.40. The summed E-state index contributed by atoms with van der Waals surface area (Å²) >= 11 is 0. The van der Waals surface area contributed by atoms with Crippen LogP contribution < -0.4 is 4.74 Å². The van der Waals surface area contributed by atoms with E-state index in [2.05, 4.69) is 0 Å². The third kappa shape index (κ3) is 1.78. The van der Waals surface area contributed by atoms with E-state index in [9.17, 15) is 10.2 Å². The molecule has 1 aromatic rings. The minimum atomic E-state index is -0.604. The molecule has 0 bridgehead atoms. The zero-order chi connectivity index (χ0) is 12.8. The molecule has 1 atom stereocenters. The van der Waals surface area contributed by atoms with Gasteiger partial charge in [-0.25, -0.2) is 5.11 Å². The van der Waals surface area contributed by atoms with Gasteiger partial charge in [-0.3, -0.25) is 0 Å². The van der Waals surface area contributed by atoms with E-state index in [4.69, 9.17) is 4.74 Å². The minimum Gasteiger partial charge on any atom is -0.507 e. The van der Waals surface area contributed by atoms with Crippen LogP contribution in [0, 0.1) is 20.8 Å². The van der Waals surface area contributed by atoms with Crippen molar-refractivity contribution < 1.29 is 14.9 Å². The summed E-state index contributed by atoms with van der Waals surface area (Å²) in [6, 6.07) is 0. The molecule has 17 heavy (non-hydrogen) atoms. The molecule has 1 unspecified atom stereocenters. The molecule has 0 aromatic heterocycles. The monoisotopic (exact) mass is 235 g/mol. The van der Waals surface area contributed by atoms with E-state index in [1.165, 1.54) is 0 Å². The number of fused-ring (bicyclic) bond motifs is 1. The summed E-state index contributed by atoms with van der Waals surface area (Å²) in [5, 5.41) is 21.2. The molecule has 0 aliphatic carbocycles. The van der Waals surface area contributed by atoms with Crippen LogP contribution in [0.2, 0.25) is 0 Å². The molecule has 2 rings (SSSR count). The van der Waals surface area contributed by atoms with E-state index < -0.39 is 5.60 Å². The van der Waals surface area contributed by atoms with Gasteiger partial charge in [0, 0.05) is 5.56 Å². The quantitative estimate of drug-likeness (QED) is 0.813. The minimum absolute atomic E-state index is 0.231. The molecule has 1 aromatic carbocycles. The average molecular weight is 235 g/mol. The van der Waals surface area contributed by atoms with Gasteiger partial charge < -0.3 is 9.84 Å². The lowest BCUT2D eigenvalue weighted by molar-refractivity contribution is -0.0198. The van der Waals surface area contributed by atoms with Crippen LogP contribution in [0.3, 0.4) is 0 Å². The van der Waals surface area contributed by atoms with Gasteiger partial charge in [0.15, 0.2) is 0 Å². The Morgan fingerprint density at radius 2 is 1.88 bits per heavy atom. The van der Waals surface area contributed by atoms with Crippen LogP contribution in [0.4, 0.5) is 0 Å². The maximum Gasteiger partial charge on any atom is 0.133 e. The predicted molar refractivity (Wildman–Crippen MR) is 65.2 cm³/mol. The number of benzene rings is 1. The molecule has 3 nitrogen and oxygen atoms in total. The third-order valence-electron chi connectivity index (χ3n) is 3.90. The number of phenols is 1. The van der Waals surface area contributed by atoms with Crippen LogP contribution in [0.25, 0.3) is 0 Å². The van der Waals surface area contributed by atoms with Gasteiger partial charge in [-0.15, -0.1) is 0 Å². The summed E-state index contributed by atoms with van der Waals surface area (Å²) in [6.07, 6.45) is 1.51. The molecule has 1 radical (unpaired) electrons. The molecule has 0 fully saturated rings. The Morgan fingerprint density at radius 3 is 2.47 bits per heavy atom. The van der Waals surface area contributed by atoms with Gasteiger partial charge in [0.2, 0.25) is 0 Å². The smallest absolute Gasteiger partial charge is 0.133 e. The summed E-state index contributed by atoms with van der Waals surface area (Å²) in [5.41, 5.74) is 3.12. The van der Waals surface area contributed by atoms with Gasteiger partial charge in [0.1, 0.15) is 23.7 Å². The number of hydrogen-bond acceptors (Lipinski definition) is 2. The van der Waals surface area contributed by atoms with E-state index in [1.807, 2.05) is 27.7 Å². The van der Waals surface area contributed by atoms with Crippen molar-refractivity contribution in [2.75, 3.05) is 6.61 Å². The lowest BCUT2D eigenvalue weighted by atomic mass is 9.87. The molecule has 1 heterocycles. The summed E-state index contributed by atoms with van der Waals surface area (Å²) in [5.74, 6) is 1.16.